The van der Waals surface area contributed by atoms with Gasteiger partial charge in [-0.05, 0) is 67.8 Å². The minimum atomic E-state index is -1.14. The molecule has 2 aromatic carbocycles. The van der Waals surface area contributed by atoms with Crippen LogP contribution in [0.25, 0.3) is 10.8 Å². The summed E-state index contributed by atoms with van der Waals surface area (Å²) in [6, 6.07) is 12.0. The first kappa shape index (κ1) is 13.6. The molecule has 0 bridgehead atoms. The van der Waals surface area contributed by atoms with Gasteiger partial charge >= 0.3 is 0 Å². The zero-order valence-electron chi connectivity index (χ0n) is 11.6. The average Bonchev–Trinajstić information content (AvgIpc) is 2.98. The zero-order chi connectivity index (χ0) is 13.9. The second-order valence-corrected chi connectivity index (χ2v) is 6.59. The lowest BCUT2D eigenvalue weighted by molar-refractivity contribution is 0.210. The van der Waals surface area contributed by atoms with E-state index in [9.17, 15) is 4.21 Å². The van der Waals surface area contributed by atoms with E-state index in [2.05, 4.69) is 10.8 Å². The molecule has 1 fully saturated rings. The molecule has 0 saturated heterocycles. The number of ether oxygens (including phenoxy) is 1. The average molecular weight is 289 g/mol. The highest BCUT2D eigenvalue weighted by Gasteiger charge is 2.16. The third-order valence-corrected chi connectivity index (χ3v) is 4.84. The predicted molar refractivity (Wildman–Crippen MR) is 82.3 cm³/mol. The van der Waals surface area contributed by atoms with Gasteiger partial charge in [0.15, 0.2) is 0 Å². The molecule has 0 radical (unpaired) electrons. The van der Waals surface area contributed by atoms with Crippen LogP contribution in [0.15, 0.2) is 41.3 Å². The van der Waals surface area contributed by atoms with Crippen molar-refractivity contribution in [1.82, 2.24) is 4.72 Å². The molecule has 1 aliphatic rings. The van der Waals surface area contributed by atoms with Crippen molar-refractivity contribution < 1.29 is 8.95 Å². The number of nitrogens with one attached hydrogen (secondary N) is 1. The monoisotopic (exact) mass is 289 g/mol. The van der Waals surface area contributed by atoms with Gasteiger partial charge in [0, 0.05) is 0 Å². The maximum atomic E-state index is 11.7. The van der Waals surface area contributed by atoms with Crippen LogP contribution in [-0.2, 0) is 11.0 Å². The number of benzene rings is 2. The van der Waals surface area contributed by atoms with E-state index in [1.54, 1.807) is 7.05 Å². The van der Waals surface area contributed by atoms with Gasteiger partial charge in [0.05, 0.1) is 11.0 Å². The van der Waals surface area contributed by atoms with Crippen LogP contribution in [0.3, 0.4) is 0 Å². The molecule has 106 valence electrons. The minimum Gasteiger partial charge on any atom is -0.490 e. The Balaban J connectivity index is 1.86. The highest BCUT2D eigenvalue weighted by atomic mass is 32.2. The second-order valence-electron chi connectivity index (χ2n) is 5.17. The van der Waals surface area contributed by atoms with Gasteiger partial charge in [0.2, 0.25) is 0 Å². The normalized spacial score (nSPS) is 17.4. The number of hydrogen-bond donors (Lipinski definition) is 1. The summed E-state index contributed by atoms with van der Waals surface area (Å²) in [6.07, 6.45) is 5.26. The molecule has 1 aliphatic carbocycles. The van der Waals surface area contributed by atoms with Crippen molar-refractivity contribution in [2.75, 3.05) is 7.05 Å². The quantitative estimate of drug-likeness (QED) is 0.936. The summed E-state index contributed by atoms with van der Waals surface area (Å²) in [5, 5.41) is 2.21. The Kier molecular flexibility index (Phi) is 4.03. The molecular formula is C16H19NO2S. The summed E-state index contributed by atoms with van der Waals surface area (Å²) in [5.74, 6) is 0.937. The molecule has 0 amide bonds. The van der Waals surface area contributed by atoms with E-state index in [-0.39, 0.29) is 0 Å². The lowest BCUT2D eigenvalue weighted by atomic mass is 10.1. The Labute approximate surface area is 121 Å². The maximum Gasteiger partial charge on any atom is 0.124 e. The van der Waals surface area contributed by atoms with Crippen LogP contribution in [0.1, 0.15) is 25.7 Å². The molecule has 0 spiro atoms. The third-order valence-electron chi connectivity index (χ3n) is 3.79. The molecule has 20 heavy (non-hydrogen) atoms. The van der Waals surface area contributed by atoms with E-state index in [0.29, 0.717) is 6.10 Å². The number of rotatable bonds is 4. The van der Waals surface area contributed by atoms with Crippen molar-refractivity contribution in [1.29, 1.82) is 0 Å². The Morgan fingerprint density at radius 2 is 1.80 bits per heavy atom. The Hall–Kier alpha value is -1.39. The fraction of sp³-hybridized carbons (Fsp3) is 0.375. The molecule has 3 rings (SSSR count). The SMILES string of the molecule is CNS(=O)c1ccc2cc(OC3CCCC3)ccc2c1. The van der Waals surface area contributed by atoms with Gasteiger partial charge in [-0.15, -0.1) is 0 Å². The van der Waals surface area contributed by atoms with Crippen LogP contribution in [0.5, 0.6) is 5.75 Å². The first-order valence-corrected chi connectivity index (χ1v) is 8.21. The Bertz CT molecular complexity index is 635. The molecule has 3 nitrogen and oxygen atoms in total. The highest BCUT2D eigenvalue weighted by Crippen LogP contribution is 2.27. The van der Waals surface area contributed by atoms with Crippen molar-refractivity contribution in [3.05, 3.63) is 36.4 Å². The van der Waals surface area contributed by atoms with Crippen LogP contribution in [0.2, 0.25) is 0 Å². The zero-order valence-corrected chi connectivity index (χ0v) is 12.4. The minimum absolute atomic E-state index is 0.378. The Morgan fingerprint density at radius 3 is 2.55 bits per heavy atom. The standard InChI is InChI=1S/C16H19NO2S/c1-17-20(18)16-9-7-12-10-15(8-6-13(12)11-16)19-14-4-2-3-5-14/h6-11,14,17H,2-5H2,1H3. The summed E-state index contributed by atoms with van der Waals surface area (Å²) < 4.78 is 20.5. The number of fused-ring (bicyclic) bond motifs is 1. The first-order chi connectivity index (χ1) is 9.76. The van der Waals surface area contributed by atoms with E-state index in [4.69, 9.17) is 4.74 Å². The van der Waals surface area contributed by atoms with Crippen LogP contribution < -0.4 is 9.46 Å². The van der Waals surface area contributed by atoms with Gasteiger partial charge in [-0.2, -0.15) is 0 Å². The lowest BCUT2D eigenvalue weighted by Gasteiger charge is -2.13. The topological polar surface area (TPSA) is 38.3 Å². The van der Waals surface area contributed by atoms with E-state index < -0.39 is 11.0 Å². The van der Waals surface area contributed by atoms with Gasteiger partial charge in [0.25, 0.3) is 0 Å². The predicted octanol–water partition coefficient (Wildman–Crippen LogP) is 3.40. The van der Waals surface area contributed by atoms with E-state index >= 15 is 0 Å². The molecule has 1 atom stereocenters. The van der Waals surface area contributed by atoms with E-state index in [1.165, 1.54) is 12.8 Å². The van der Waals surface area contributed by atoms with Gasteiger partial charge < -0.3 is 4.74 Å². The van der Waals surface area contributed by atoms with Gasteiger partial charge in [-0.3, -0.25) is 0 Å². The van der Waals surface area contributed by atoms with Crippen LogP contribution in [-0.4, -0.2) is 17.4 Å². The van der Waals surface area contributed by atoms with Crippen LogP contribution in [0, 0.1) is 0 Å². The fourth-order valence-corrected chi connectivity index (χ4v) is 3.37. The summed E-state index contributed by atoms with van der Waals surface area (Å²) in [7, 11) is 0.557. The van der Waals surface area contributed by atoms with Crippen molar-refractivity contribution in [2.24, 2.45) is 0 Å². The van der Waals surface area contributed by atoms with Crippen molar-refractivity contribution >= 4 is 21.8 Å². The summed E-state index contributed by atoms with van der Waals surface area (Å²) in [6.45, 7) is 0. The van der Waals surface area contributed by atoms with Crippen LogP contribution >= 0.6 is 0 Å². The maximum absolute atomic E-state index is 11.7. The molecule has 0 aliphatic heterocycles. The van der Waals surface area contributed by atoms with Gasteiger partial charge in [0.1, 0.15) is 16.7 Å². The van der Waals surface area contributed by atoms with Gasteiger partial charge in [-0.1, -0.05) is 12.1 Å². The molecule has 1 unspecified atom stereocenters. The molecule has 0 aromatic heterocycles. The third kappa shape index (κ3) is 2.86. The summed E-state index contributed by atoms with van der Waals surface area (Å²) in [5.41, 5.74) is 0. The van der Waals surface area contributed by atoms with Crippen molar-refractivity contribution in [3.63, 3.8) is 0 Å². The second kappa shape index (κ2) is 5.94. The lowest BCUT2D eigenvalue weighted by Crippen LogP contribution is -2.11. The van der Waals surface area contributed by atoms with Crippen molar-refractivity contribution in [3.8, 4) is 5.75 Å². The molecule has 4 heteroatoms. The summed E-state index contributed by atoms with van der Waals surface area (Å²) >= 11 is 0. The molecule has 2 aromatic rings. The first-order valence-electron chi connectivity index (χ1n) is 7.06. The molecular weight excluding hydrogens is 270 g/mol. The molecule has 0 heterocycles. The van der Waals surface area contributed by atoms with Gasteiger partial charge in [-0.25, -0.2) is 8.93 Å². The summed E-state index contributed by atoms with van der Waals surface area (Å²) in [4.78, 5) is 0.796. The van der Waals surface area contributed by atoms with E-state index in [0.717, 1.165) is 34.3 Å². The number of hydrogen-bond acceptors (Lipinski definition) is 2. The Morgan fingerprint density at radius 1 is 1.10 bits per heavy atom. The van der Waals surface area contributed by atoms with E-state index in [1.807, 2.05) is 30.3 Å². The molecule has 1 saturated carbocycles. The largest absolute Gasteiger partial charge is 0.490 e. The highest BCUT2D eigenvalue weighted by molar-refractivity contribution is 7.83. The molecule has 1 N–H and O–H groups in total. The fourth-order valence-electron chi connectivity index (χ4n) is 2.71. The van der Waals surface area contributed by atoms with Crippen molar-refractivity contribution in [2.45, 2.75) is 36.7 Å². The smallest absolute Gasteiger partial charge is 0.124 e. The van der Waals surface area contributed by atoms with Crippen LogP contribution in [0.4, 0.5) is 0 Å².